The minimum absolute atomic E-state index is 0.0313. The lowest BCUT2D eigenvalue weighted by Gasteiger charge is -2.16. The van der Waals surface area contributed by atoms with Gasteiger partial charge in [-0.25, -0.2) is 0 Å². The Morgan fingerprint density at radius 1 is 1.12 bits per heavy atom. The highest BCUT2D eigenvalue weighted by atomic mass is 16.1. The molecule has 2 heteroatoms. The van der Waals surface area contributed by atoms with Crippen LogP contribution >= 0.6 is 0 Å². The molecule has 86 valence electrons. The van der Waals surface area contributed by atoms with Crippen molar-refractivity contribution >= 4 is 0 Å². The molecule has 2 aromatic rings. The molecule has 17 heavy (non-hydrogen) atoms. The average molecular weight is 225 g/mol. The van der Waals surface area contributed by atoms with E-state index in [2.05, 4.69) is 18.7 Å². The van der Waals surface area contributed by atoms with E-state index in [9.17, 15) is 4.79 Å². The standard InChI is InChI=1S/C15H15NO/c1-2-14(12-13-6-4-3-5-7-13)16-10-8-15(17)9-11-16/h2-11,14H,1,12H2. The van der Waals surface area contributed by atoms with Gasteiger partial charge < -0.3 is 4.57 Å². The number of nitrogens with zero attached hydrogens (tertiary/aromatic N) is 1. The van der Waals surface area contributed by atoms with Crippen LogP contribution in [0.3, 0.4) is 0 Å². The molecule has 1 heterocycles. The zero-order valence-electron chi connectivity index (χ0n) is 9.62. The molecule has 0 radical (unpaired) electrons. The van der Waals surface area contributed by atoms with Crippen LogP contribution in [0, 0.1) is 0 Å². The van der Waals surface area contributed by atoms with Crippen LogP contribution in [-0.4, -0.2) is 4.57 Å². The fourth-order valence-corrected chi connectivity index (χ4v) is 1.81. The van der Waals surface area contributed by atoms with Gasteiger partial charge in [0.15, 0.2) is 5.43 Å². The zero-order valence-corrected chi connectivity index (χ0v) is 9.62. The van der Waals surface area contributed by atoms with Crippen molar-refractivity contribution in [2.24, 2.45) is 0 Å². The lowest BCUT2D eigenvalue weighted by molar-refractivity contribution is 0.597. The van der Waals surface area contributed by atoms with Gasteiger partial charge >= 0.3 is 0 Å². The van der Waals surface area contributed by atoms with Gasteiger partial charge in [0.05, 0.1) is 6.04 Å². The van der Waals surface area contributed by atoms with Crippen molar-refractivity contribution in [3.05, 3.63) is 83.3 Å². The van der Waals surface area contributed by atoms with Crippen LogP contribution in [0.1, 0.15) is 11.6 Å². The molecule has 2 rings (SSSR count). The quantitative estimate of drug-likeness (QED) is 0.733. The fourth-order valence-electron chi connectivity index (χ4n) is 1.81. The Morgan fingerprint density at radius 3 is 2.35 bits per heavy atom. The highest BCUT2D eigenvalue weighted by Gasteiger charge is 2.05. The first-order valence-electron chi connectivity index (χ1n) is 5.64. The van der Waals surface area contributed by atoms with Crippen LogP contribution in [0.5, 0.6) is 0 Å². The van der Waals surface area contributed by atoms with Crippen LogP contribution in [0.4, 0.5) is 0 Å². The van der Waals surface area contributed by atoms with E-state index in [0.29, 0.717) is 0 Å². The molecule has 0 amide bonds. The molecule has 1 aromatic carbocycles. The highest BCUT2D eigenvalue weighted by molar-refractivity contribution is 5.17. The van der Waals surface area contributed by atoms with E-state index < -0.39 is 0 Å². The van der Waals surface area contributed by atoms with Gasteiger partial charge in [-0.3, -0.25) is 4.79 Å². The Morgan fingerprint density at radius 2 is 1.76 bits per heavy atom. The van der Waals surface area contributed by atoms with Crippen molar-refractivity contribution in [2.75, 3.05) is 0 Å². The van der Waals surface area contributed by atoms with Crippen molar-refractivity contribution in [1.29, 1.82) is 0 Å². The molecule has 0 aliphatic heterocycles. The van der Waals surface area contributed by atoms with Crippen LogP contribution in [-0.2, 0) is 6.42 Å². The molecule has 0 saturated heterocycles. The van der Waals surface area contributed by atoms with Crippen molar-refractivity contribution in [2.45, 2.75) is 12.5 Å². The third-order valence-electron chi connectivity index (χ3n) is 2.76. The molecule has 1 aromatic heterocycles. The summed E-state index contributed by atoms with van der Waals surface area (Å²) in [5.41, 5.74) is 1.29. The second kappa shape index (κ2) is 5.30. The van der Waals surface area contributed by atoms with Gasteiger partial charge in [-0.15, -0.1) is 6.58 Å². The first-order valence-corrected chi connectivity index (χ1v) is 5.64. The third kappa shape index (κ3) is 2.94. The SMILES string of the molecule is C=CC(Cc1ccccc1)n1ccc(=O)cc1. The molecule has 1 atom stereocenters. The van der Waals surface area contributed by atoms with Gasteiger partial charge in [-0.2, -0.15) is 0 Å². The predicted octanol–water partition coefficient (Wildman–Crippen LogP) is 2.82. The van der Waals surface area contributed by atoms with Gasteiger partial charge in [-0.1, -0.05) is 36.4 Å². The Hall–Kier alpha value is -2.09. The van der Waals surface area contributed by atoms with Crippen molar-refractivity contribution in [1.82, 2.24) is 4.57 Å². The van der Waals surface area contributed by atoms with Gasteiger partial charge in [0, 0.05) is 24.5 Å². The van der Waals surface area contributed by atoms with Crippen molar-refractivity contribution < 1.29 is 0 Å². The normalized spacial score (nSPS) is 12.0. The van der Waals surface area contributed by atoms with E-state index in [1.165, 1.54) is 5.56 Å². The average Bonchev–Trinajstić information content (AvgIpc) is 2.38. The lowest BCUT2D eigenvalue weighted by atomic mass is 10.1. The minimum Gasteiger partial charge on any atom is -0.347 e. The summed E-state index contributed by atoms with van der Waals surface area (Å²) in [4.78, 5) is 11.1. The molecule has 0 N–H and O–H groups in total. The Kier molecular flexibility index (Phi) is 3.55. The number of rotatable bonds is 4. The summed E-state index contributed by atoms with van der Waals surface area (Å²) in [6.45, 7) is 3.86. The van der Waals surface area contributed by atoms with Gasteiger partial charge in [0.25, 0.3) is 0 Å². The maximum absolute atomic E-state index is 11.1. The number of aromatic nitrogens is 1. The molecule has 2 nitrogen and oxygen atoms in total. The maximum atomic E-state index is 11.1. The smallest absolute Gasteiger partial charge is 0.181 e. The first-order chi connectivity index (χ1) is 8.29. The van der Waals surface area contributed by atoms with E-state index in [4.69, 9.17) is 0 Å². The third-order valence-corrected chi connectivity index (χ3v) is 2.76. The van der Waals surface area contributed by atoms with Crippen LogP contribution in [0.15, 0.2) is 72.3 Å². The Bertz CT molecular complexity index is 522. The molecule has 0 aliphatic rings. The minimum atomic E-state index is 0.0313. The first kappa shape index (κ1) is 11.4. The summed E-state index contributed by atoms with van der Waals surface area (Å²) >= 11 is 0. The van der Waals surface area contributed by atoms with E-state index in [-0.39, 0.29) is 11.5 Å². The van der Waals surface area contributed by atoms with E-state index in [0.717, 1.165) is 6.42 Å². The largest absolute Gasteiger partial charge is 0.347 e. The van der Waals surface area contributed by atoms with Crippen molar-refractivity contribution in [3.63, 3.8) is 0 Å². The van der Waals surface area contributed by atoms with Gasteiger partial charge in [-0.05, 0) is 12.0 Å². The maximum Gasteiger partial charge on any atom is 0.181 e. The zero-order chi connectivity index (χ0) is 12.1. The second-order valence-electron chi connectivity index (χ2n) is 3.97. The number of pyridine rings is 1. The van der Waals surface area contributed by atoms with Crippen molar-refractivity contribution in [3.8, 4) is 0 Å². The van der Waals surface area contributed by atoms with E-state index in [1.54, 1.807) is 24.5 Å². The topological polar surface area (TPSA) is 22.0 Å². The molecule has 0 fully saturated rings. The van der Waals surface area contributed by atoms with E-state index in [1.807, 2.05) is 28.8 Å². The lowest BCUT2D eigenvalue weighted by Crippen LogP contribution is -2.11. The highest BCUT2D eigenvalue weighted by Crippen LogP contribution is 2.14. The molecule has 0 saturated carbocycles. The monoisotopic (exact) mass is 225 g/mol. The number of hydrogen-bond acceptors (Lipinski definition) is 1. The summed E-state index contributed by atoms with van der Waals surface area (Å²) in [5, 5.41) is 0. The summed E-state index contributed by atoms with van der Waals surface area (Å²) < 4.78 is 2.00. The Balaban J connectivity index is 2.20. The molecule has 0 bridgehead atoms. The van der Waals surface area contributed by atoms with Gasteiger partial charge in [0.1, 0.15) is 0 Å². The summed E-state index contributed by atoms with van der Waals surface area (Å²) in [6.07, 6.45) is 6.39. The van der Waals surface area contributed by atoms with Crippen LogP contribution < -0.4 is 5.43 Å². The molecule has 1 unspecified atom stereocenters. The van der Waals surface area contributed by atoms with E-state index >= 15 is 0 Å². The molecule has 0 aliphatic carbocycles. The van der Waals surface area contributed by atoms with Crippen LogP contribution in [0.25, 0.3) is 0 Å². The Labute approximate surface area is 101 Å². The summed E-state index contributed by atoms with van der Waals surface area (Å²) in [5.74, 6) is 0. The summed E-state index contributed by atoms with van der Waals surface area (Å²) in [7, 11) is 0. The molecule has 0 spiro atoms. The molecular formula is C15H15NO. The summed E-state index contributed by atoms with van der Waals surface area (Å²) in [6, 6.07) is 13.6. The van der Waals surface area contributed by atoms with Crippen LogP contribution in [0.2, 0.25) is 0 Å². The second-order valence-corrected chi connectivity index (χ2v) is 3.97. The van der Waals surface area contributed by atoms with Gasteiger partial charge in [0.2, 0.25) is 0 Å². The molecular weight excluding hydrogens is 210 g/mol. The number of hydrogen-bond donors (Lipinski definition) is 0. The number of allylic oxidation sites excluding steroid dienone is 1. The fraction of sp³-hybridized carbons (Fsp3) is 0.133. The predicted molar refractivity (Wildman–Crippen MR) is 70.1 cm³/mol. The number of benzene rings is 1.